The summed E-state index contributed by atoms with van der Waals surface area (Å²) in [5.41, 5.74) is 7.93. The standard InChI is InChI=1S/C16H27N/c1-12(4-2-3-5-17)16-9-13-6-14(10-16)8-15(7-13)11-16/h4,13-15H,2-3,5-11,17H2,1H3/b12-4+. The van der Waals surface area contributed by atoms with E-state index in [1.54, 1.807) is 24.8 Å². The summed E-state index contributed by atoms with van der Waals surface area (Å²) in [7, 11) is 0. The van der Waals surface area contributed by atoms with Crippen LogP contribution in [0.3, 0.4) is 0 Å². The molecular weight excluding hydrogens is 206 g/mol. The first-order valence-corrected chi connectivity index (χ1v) is 7.59. The summed E-state index contributed by atoms with van der Waals surface area (Å²) in [6.45, 7) is 3.24. The molecule has 0 atom stereocenters. The molecule has 4 fully saturated rings. The van der Waals surface area contributed by atoms with Gasteiger partial charge >= 0.3 is 0 Å². The molecule has 4 aliphatic rings. The van der Waals surface area contributed by atoms with E-state index in [4.69, 9.17) is 5.73 Å². The Morgan fingerprint density at radius 1 is 1.12 bits per heavy atom. The molecule has 0 heterocycles. The smallest absolute Gasteiger partial charge is 0.00743 e. The van der Waals surface area contributed by atoms with Gasteiger partial charge in [0.15, 0.2) is 0 Å². The molecule has 17 heavy (non-hydrogen) atoms. The Balaban J connectivity index is 1.75. The van der Waals surface area contributed by atoms with Gasteiger partial charge in [-0.2, -0.15) is 0 Å². The molecular formula is C16H27N. The minimum atomic E-state index is 0.628. The number of unbranched alkanes of at least 4 members (excludes halogenated alkanes) is 1. The number of hydrogen-bond donors (Lipinski definition) is 1. The van der Waals surface area contributed by atoms with Crippen LogP contribution in [0.5, 0.6) is 0 Å². The zero-order valence-electron chi connectivity index (χ0n) is 11.3. The predicted octanol–water partition coefficient (Wildman–Crippen LogP) is 3.89. The Hall–Kier alpha value is -0.300. The van der Waals surface area contributed by atoms with Gasteiger partial charge in [-0.3, -0.25) is 0 Å². The van der Waals surface area contributed by atoms with Crippen molar-refractivity contribution in [2.24, 2.45) is 28.9 Å². The molecule has 0 aromatic rings. The minimum Gasteiger partial charge on any atom is -0.330 e. The highest BCUT2D eigenvalue weighted by atomic mass is 14.6. The van der Waals surface area contributed by atoms with Gasteiger partial charge in [0.1, 0.15) is 0 Å². The van der Waals surface area contributed by atoms with Crippen LogP contribution in [0.1, 0.15) is 58.3 Å². The van der Waals surface area contributed by atoms with Crippen molar-refractivity contribution in [2.75, 3.05) is 6.54 Å². The third-order valence-electron chi connectivity index (χ3n) is 5.73. The van der Waals surface area contributed by atoms with Gasteiger partial charge in [0.25, 0.3) is 0 Å². The van der Waals surface area contributed by atoms with Crippen LogP contribution in [0.2, 0.25) is 0 Å². The fraction of sp³-hybridized carbons (Fsp3) is 0.875. The van der Waals surface area contributed by atoms with Crippen molar-refractivity contribution in [2.45, 2.75) is 58.3 Å². The van der Waals surface area contributed by atoms with Crippen molar-refractivity contribution in [3.05, 3.63) is 11.6 Å². The average Bonchev–Trinajstić information content (AvgIpc) is 2.27. The molecule has 0 amide bonds. The second-order valence-corrected chi connectivity index (χ2v) is 7.02. The lowest BCUT2D eigenvalue weighted by atomic mass is 9.48. The first-order chi connectivity index (χ1) is 8.22. The van der Waals surface area contributed by atoms with Crippen LogP contribution >= 0.6 is 0 Å². The number of allylic oxidation sites excluding steroid dienone is 2. The van der Waals surface area contributed by atoms with E-state index in [1.165, 1.54) is 25.7 Å². The molecule has 4 aliphatic carbocycles. The van der Waals surface area contributed by atoms with Gasteiger partial charge in [-0.15, -0.1) is 0 Å². The van der Waals surface area contributed by atoms with Crippen LogP contribution in [0.25, 0.3) is 0 Å². The van der Waals surface area contributed by atoms with E-state index in [0.717, 1.165) is 30.7 Å². The molecule has 0 unspecified atom stereocenters. The van der Waals surface area contributed by atoms with Crippen molar-refractivity contribution in [1.82, 2.24) is 0 Å². The van der Waals surface area contributed by atoms with Crippen LogP contribution in [-0.2, 0) is 0 Å². The van der Waals surface area contributed by atoms with Gasteiger partial charge in [-0.05, 0) is 88.0 Å². The summed E-state index contributed by atoms with van der Waals surface area (Å²) in [6.07, 6.45) is 14.0. The molecule has 4 bridgehead atoms. The van der Waals surface area contributed by atoms with Crippen LogP contribution in [-0.4, -0.2) is 6.54 Å². The summed E-state index contributed by atoms with van der Waals surface area (Å²) in [4.78, 5) is 0. The molecule has 0 aromatic heterocycles. The molecule has 0 spiro atoms. The highest BCUT2D eigenvalue weighted by Gasteiger charge is 2.51. The Morgan fingerprint density at radius 2 is 1.65 bits per heavy atom. The van der Waals surface area contributed by atoms with Gasteiger partial charge in [-0.1, -0.05) is 11.6 Å². The molecule has 0 radical (unpaired) electrons. The van der Waals surface area contributed by atoms with Crippen LogP contribution < -0.4 is 5.73 Å². The molecule has 2 N–H and O–H groups in total. The van der Waals surface area contributed by atoms with Crippen molar-refractivity contribution in [1.29, 1.82) is 0 Å². The third kappa shape index (κ3) is 2.07. The van der Waals surface area contributed by atoms with Crippen molar-refractivity contribution < 1.29 is 0 Å². The SMILES string of the molecule is C/C(=C\CCCN)C12CC3CC(CC(C3)C1)C2. The maximum absolute atomic E-state index is 5.59. The van der Waals surface area contributed by atoms with Gasteiger partial charge in [0.2, 0.25) is 0 Å². The van der Waals surface area contributed by atoms with Gasteiger partial charge in [0, 0.05) is 0 Å². The predicted molar refractivity (Wildman–Crippen MR) is 72.7 cm³/mol. The van der Waals surface area contributed by atoms with Gasteiger partial charge in [0.05, 0.1) is 0 Å². The van der Waals surface area contributed by atoms with Crippen molar-refractivity contribution in [3.63, 3.8) is 0 Å². The van der Waals surface area contributed by atoms with Gasteiger partial charge in [-0.25, -0.2) is 0 Å². The number of nitrogens with two attached hydrogens (primary N) is 1. The fourth-order valence-electron chi connectivity index (χ4n) is 5.25. The van der Waals surface area contributed by atoms with Crippen LogP contribution in [0.4, 0.5) is 0 Å². The maximum Gasteiger partial charge on any atom is -0.00743 e. The maximum atomic E-state index is 5.59. The lowest BCUT2D eigenvalue weighted by Gasteiger charge is -2.57. The normalized spacial score (nSPS) is 44.4. The highest BCUT2D eigenvalue weighted by Crippen LogP contribution is 2.62. The zero-order chi connectivity index (χ0) is 11.9. The Labute approximate surface area is 106 Å². The minimum absolute atomic E-state index is 0.628. The molecule has 1 heteroatoms. The lowest BCUT2D eigenvalue weighted by molar-refractivity contribution is -0.0305. The second-order valence-electron chi connectivity index (χ2n) is 7.02. The second kappa shape index (κ2) is 4.42. The monoisotopic (exact) mass is 233 g/mol. The Bertz CT molecular complexity index is 280. The molecule has 1 nitrogen and oxygen atoms in total. The van der Waals surface area contributed by atoms with E-state index in [1.807, 2.05) is 0 Å². The summed E-state index contributed by atoms with van der Waals surface area (Å²) >= 11 is 0. The van der Waals surface area contributed by atoms with E-state index in [2.05, 4.69) is 13.0 Å². The highest BCUT2D eigenvalue weighted by molar-refractivity contribution is 5.19. The van der Waals surface area contributed by atoms with Crippen molar-refractivity contribution in [3.8, 4) is 0 Å². The van der Waals surface area contributed by atoms with E-state index in [9.17, 15) is 0 Å². The van der Waals surface area contributed by atoms with E-state index in [-0.39, 0.29) is 0 Å². The quantitative estimate of drug-likeness (QED) is 0.578. The number of hydrogen-bond acceptors (Lipinski definition) is 1. The summed E-state index contributed by atoms with van der Waals surface area (Å²) in [5, 5.41) is 0. The Kier molecular flexibility index (Phi) is 3.06. The summed E-state index contributed by atoms with van der Waals surface area (Å²) < 4.78 is 0. The molecule has 0 aliphatic heterocycles. The number of rotatable bonds is 4. The molecule has 4 saturated carbocycles. The van der Waals surface area contributed by atoms with Crippen LogP contribution in [0.15, 0.2) is 11.6 Å². The summed E-state index contributed by atoms with van der Waals surface area (Å²) in [5.74, 6) is 3.21. The first kappa shape index (κ1) is 11.8. The fourth-order valence-corrected chi connectivity index (χ4v) is 5.25. The molecule has 0 saturated heterocycles. The van der Waals surface area contributed by atoms with Gasteiger partial charge < -0.3 is 5.73 Å². The lowest BCUT2D eigenvalue weighted by Crippen LogP contribution is -2.46. The largest absolute Gasteiger partial charge is 0.330 e. The Morgan fingerprint density at radius 3 is 2.12 bits per heavy atom. The van der Waals surface area contributed by atoms with E-state index >= 15 is 0 Å². The third-order valence-corrected chi connectivity index (χ3v) is 5.73. The van der Waals surface area contributed by atoms with E-state index < -0.39 is 0 Å². The average molecular weight is 233 g/mol. The van der Waals surface area contributed by atoms with Crippen LogP contribution in [0, 0.1) is 23.2 Å². The van der Waals surface area contributed by atoms with Crippen molar-refractivity contribution >= 4 is 0 Å². The first-order valence-electron chi connectivity index (χ1n) is 7.59. The topological polar surface area (TPSA) is 26.0 Å². The molecule has 4 rings (SSSR count). The molecule has 96 valence electrons. The summed E-state index contributed by atoms with van der Waals surface area (Å²) in [6, 6.07) is 0. The molecule has 0 aromatic carbocycles. The zero-order valence-corrected chi connectivity index (χ0v) is 11.3. The van der Waals surface area contributed by atoms with E-state index in [0.29, 0.717) is 5.41 Å².